The number of primary amides is 1. The molecular weight excluding hydrogens is 247 g/mol. The van der Waals surface area contributed by atoms with E-state index in [-0.39, 0.29) is 5.82 Å². The highest BCUT2D eigenvalue weighted by Gasteiger charge is 2.37. The lowest BCUT2D eigenvalue weighted by Gasteiger charge is -2.31. The number of amides is 1. The molecule has 0 bridgehead atoms. The van der Waals surface area contributed by atoms with Gasteiger partial charge in [0, 0.05) is 25.3 Å². The molecule has 1 atom stereocenters. The van der Waals surface area contributed by atoms with Gasteiger partial charge in [-0.25, -0.2) is 4.39 Å². The number of carbonyl (C=O) groups is 1. The van der Waals surface area contributed by atoms with Gasteiger partial charge in [-0.1, -0.05) is 0 Å². The maximum absolute atomic E-state index is 13.4. The second-order valence-corrected chi connectivity index (χ2v) is 5.05. The molecule has 0 aliphatic carbocycles. The predicted octanol–water partition coefficient (Wildman–Crippen LogP) is 1.97. The van der Waals surface area contributed by atoms with Crippen LogP contribution in [0.15, 0.2) is 18.2 Å². The summed E-state index contributed by atoms with van der Waals surface area (Å²) in [5.41, 5.74) is 6.07. The van der Waals surface area contributed by atoms with Crippen LogP contribution < -0.4 is 11.1 Å². The Balaban J connectivity index is 2.27. The Morgan fingerprint density at radius 3 is 2.84 bits per heavy atom. The van der Waals surface area contributed by atoms with Crippen LogP contribution in [0.2, 0.25) is 0 Å². The smallest absolute Gasteiger partial charge is 0.243 e. The summed E-state index contributed by atoms with van der Waals surface area (Å²) >= 11 is 0. The SMILES string of the molecule is Cc1cc(F)cc(NC2(C(N)=O)CCCOCC2)c1. The van der Waals surface area contributed by atoms with Gasteiger partial charge in [-0.2, -0.15) is 0 Å². The average Bonchev–Trinajstić information content (AvgIpc) is 2.54. The van der Waals surface area contributed by atoms with Crippen molar-refractivity contribution in [2.75, 3.05) is 18.5 Å². The number of carbonyl (C=O) groups excluding carboxylic acids is 1. The molecule has 1 heterocycles. The molecule has 1 amide bonds. The summed E-state index contributed by atoms with van der Waals surface area (Å²) in [7, 11) is 0. The zero-order valence-corrected chi connectivity index (χ0v) is 11.0. The fraction of sp³-hybridized carbons (Fsp3) is 0.500. The molecule has 3 N–H and O–H groups in total. The Kier molecular flexibility index (Phi) is 4.04. The second kappa shape index (κ2) is 5.57. The topological polar surface area (TPSA) is 64.3 Å². The number of halogens is 1. The molecule has 1 fully saturated rings. The van der Waals surface area contributed by atoms with Crippen LogP contribution in [0, 0.1) is 12.7 Å². The molecule has 0 saturated carbocycles. The Labute approximate surface area is 112 Å². The van der Waals surface area contributed by atoms with E-state index in [1.165, 1.54) is 12.1 Å². The Morgan fingerprint density at radius 2 is 2.16 bits per heavy atom. The minimum atomic E-state index is -0.850. The van der Waals surface area contributed by atoms with Crippen LogP contribution in [-0.2, 0) is 9.53 Å². The van der Waals surface area contributed by atoms with Gasteiger partial charge in [-0.15, -0.1) is 0 Å². The fourth-order valence-electron chi connectivity index (χ4n) is 2.47. The van der Waals surface area contributed by atoms with Crippen molar-refractivity contribution >= 4 is 11.6 Å². The quantitative estimate of drug-likeness (QED) is 0.879. The van der Waals surface area contributed by atoms with Crippen molar-refractivity contribution in [3.05, 3.63) is 29.6 Å². The van der Waals surface area contributed by atoms with E-state index in [9.17, 15) is 9.18 Å². The normalized spacial score (nSPS) is 23.7. The van der Waals surface area contributed by atoms with Gasteiger partial charge in [0.1, 0.15) is 11.4 Å². The molecule has 1 saturated heterocycles. The number of aryl methyl sites for hydroxylation is 1. The van der Waals surface area contributed by atoms with Crippen molar-refractivity contribution in [1.82, 2.24) is 0 Å². The number of nitrogens with one attached hydrogen (secondary N) is 1. The Bertz CT molecular complexity index is 448. The van der Waals surface area contributed by atoms with Crippen LogP contribution in [0.1, 0.15) is 24.8 Å². The third-order valence-corrected chi connectivity index (χ3v) is 3.46. The van der Waals surface area contributed by atoms with E-state index in [0.717, 1.165) is 12.0 Å². The van der Waals surface area contributed by atoms with Crippen molar-refractivity contribution < 1.29 is 13.9 Å². The van der Waals surface area contributed by atoms with E-state index in [1.54, 1.807) is 13.0 Å². The summed E-state index contributed by atoms with van der Waals surface area (Å²) < 4.78 is 18.8. The summed E-state index contributed by atoms with van der Waals surface area (Å²) in [6.07, 6.45) is 1.85. The van der Waals surface area contributed by atoms with Gasteiger partial charge in [0.25, 0.3) is 0 Å². The number of anilines is 1. The van der Waals surface area contributed by atoms with Crippen LogP contribution in [-0.4, -0.2) is 24.7 Å². The molecule has 104 valence electrons. The first kappa shape index (κ1) is 13.8. The third-order valence-electron chi connectivity index (χ3n) is 3.46. The Hall–Kier alpha value is -1.62. The van der Waals surface area contributed by atoms with Crippen molar-refractivity contribution in [2.24, 2.45) is 5.73 Å². The van der Waals surface area contributed by atoms with E-state index >= 15 is 0 Å². The minimum Gasteiger partial charge on any atom is -0.381 e. The minimum absolute atomic E-state index is 0.327. The lowest BCUT2D eigenvalue weighted by Crippen LogP contribution is -2.50. The predicted molar refractivity (Wildman–Crippen MR) is 71.4 cm³/mol. The molecule has 0 aromatic heterocycles. The zero-order chi connectivity index (χ0) is 13.9. The number of benzene rings is 1. The van der Waals surface area contributed by atoms with Gasteiger partial charge in [-0.3, -0.25) is 4.79 Å². The van der Waals surface area contributed by atoms with Gasteiger partial charge < -0.3 is 15.8 Å². The molecule has 1 aromatic rings. The van der Waals surface area contributed by atoms with Gasteiger partial charge in [-0.05, 0) is 43.5 Å². The molecule has 4 nitrogen and oxygen atoms in total. The van der Waals surface area contributed by atoms with Crippen LogP contribution in [0.25, 0.3) is 0 Å². The van der Waals surface area contributed by atoms with Crippen LogP contribution in [0.4, 0.5) is 10.1 Å². The summed E-state index contributed by atoms with van der Waals surface area (Å²) in [4.78, 5) is 11.8. The molecule has 1 aliphatic rings. The lowest BCUT2D eigenvalue weighted by atomic mass is 9.89. The van der Waals surface area contributed by atoms with E-state index in [0.29, 0.717) is 31.7 Å². The monoisotopic (exact) mass is 266 g/mol. The fourth-order valence-corrected chi connectivity index (χ4v) is 2.47. The van der Waals surface area contributed by atoms with Crippen LogP contribution in [0.3, 0.4) is 0 Å². The summed E-state index contributed by atoms with van der Waals surface area (Å²) in [5.74, 6) is -0.744. The summed E-state index contributed by atoms with van der Waals surface area (Å²) in [6, 6.07) is 4.63. The first-order valence-corrected chi connectivity index (χ1v) is 6.45. The highest BCUT2D eigenvalue weighted by atomic mass is 19.1. The maximum Gasteiger partial charge on any atom is 0.243 e. The van der Waals surface area contributed by atoms with Gasteiger partial charge in [0.2, 0.25) is 5.91 Å². The second-order valence-electron chi connectivity index (χ2n) is 5.05. The van der Waals surface area contributed by atoms with E-state index < -0.39 is 11.4 Å². The van der Waals surface area contributed by atoms with Gasteiger partial charge in [0.15, 0.2) is 0 Å². The first-order chi connectivity index (χ1) is 9.02. The number of ether oxygens (including phenoxy) is 1. The van der Waals surface area contributed by atoms with E-state index in [2.05, 4.69) is 5.32 Å². The van der Waals surface area contributed by atoms with Crippen molar-refractivity contribution in [2.45, 2.75) is 31.7 Å². The van der Waals surface area contributed by atoms with Crippen molar-refractivity contribution in [1.29, 1.82) is 0 Å². The largest absolute Gasteiger partial charge is 0.381 e. The lowest BCUT2D eigenvalue weighted by molar-refractivity contribution is -0.122. The molecule has 5 heteroatoms. The first-order valence-electron chi connectivity index (χ1n) is 6.45. The van der Waals surface area contributed by atoms with Crippen LogP contribution >= 0.6 is 0 Å². The Morgan fingerprint density at radius 1 is 1.37 bits per heavy atom. The molecule has 0 radical (unpaired) electrons. The van der Waals surface area contributed by atoms with E-state index in [4.69, 9.17) is 10.5 Å². The number of hydrogen-bond donors (Lipinski definition) is 2. The third kappa shape index (κ3) is 3.23. The molecule has 19 heavy (non-hydrogen) atoms. The average molecular weight is 266 g/mol. The van der Waals surface area contributed by atoms with Crippen LogP contribution in [0.5, 0.6) is 0 Å². The van der Waals surface area contributed by atoms with Crippen molar-refractivity contribution in [3.63, 3.8) is 0 Å². The summed E-state index contributed by atoms with van der Waals surface area (Å²) in [6.45, 7) is 2.91. The number of rotatable bonds is 3. The number of nitrogens with two attached hydrogens (primary N) is 1. The highest BCUT2D eigenvalue weighted by Crippen LogP contribution is 2.27. The molecule has 1 unspecified atom stereocenters. The molecule has 1 aliphatic heterocycles. The summed E-state index contributed by atoms with van der Waals surface area (Å²) in [5, 5.41) is 3.12. The molecule has 0 spiro atoms. The highest BCUT2D eigenvalue weighted by molar-refractivity contribution is 5.88. The molecular formula is C14H19FN2O2. The zero-order valence-electron chi connectivity index (χ0n) is 11.0. The maximum atomic E-state index is 13.4. The molecule has 1 aromatic carbocycles. The van der Waals surface area contributed by atoms with Crippen molar-refractivity contribution in [3.8, 4) is 0 Å². The molecule has 2 rings (SSSR count). The van der Waals surface area contributed by atoms with Gasteiger partial charge in [0.05, 0.1) is 0 Å². The number of hydrogen-bond acceptors (Lipinski definition) is 3. The standard InChI is InChI=1S/C14H19FN2O2/c1-10-7-11(15)9-12(8-10)17-14(13(16)18)3-2-5-19-6-4-14/h7-9,17H,2-6H2,1H3,(H2,16,18). The van der Waals surface area contributed by atoms with Gasteiger partial charge >= 0.3 is 0 Å². The van der Waals surface area contributed by atoms with E-state index in [1.807, 2.05) is 0 Å².